The van der Waals surface area contributed by atoms with Crippen molar-refractivity contribution < 1.29 is 9.84 Å². The third-order valence-electron chi connectivity index (χ3n) is 2.24. The number of nitrogens with one attached hydrogen (secondary N) is 2. The normalized spacial score (nSPS) is 10.8. The lowest BCUT2D eigenvalue weighted by Crippen LogP contribution is -2.33. The number of aromatic hydroxyl groups is 1. The molecule has 5 nitrogen and oxygen atoms in total. The van der Waals surface area contributed by atoms with Crippen LogP contribution < -0.4 is 10.7 Å². The van der Waals surface area contributed by atoms with Gasteiger partial charge in [-0.1, -0.05) is 23.2 Å². The molecule has 0 spiro atoms. The number of nitrogens with zero attached hydrogens (tertiary/aromatic N) is 1. The molecule has 3 N–H and O–H groups in total. The van der Waals surface area contributed by atoms with Gasteiger partial charge in [0.15, 0.2) is 5.11 Å². The van der Waals surface area contributed by atoms with Crippen LogP contribution in [0.4, 0.5) is 0 Å². The van der Waals surface area contributed by atoms with Crippen LogP contribution in [0.3, 0.4) is 0 Å². The Morgan fingerprint density at radius 1 is 1.50 bits per heavy atom. The number of hydrogen-bond donors (Lipinski definition) is 3. The molecule has 110 valence electrons. The average molecular weight is 336 g/mol. The van der Waals surface area contributed by atoms with Crippen molar-refractivity contribution in [1.29, 1.82) is 0 Å². The zero-order valence-corrected chi connectivity index (χ0v) is 13.1. The van der Waals surface area contributed by atoms with Gasteiger partial charge in [0.25, 0.3) is 0 Å². The van der Waals surface area contributed by atoms with E-state index in [4.69, 9.17) is 40.2 Å². The highest BCUT2D eigenvalue weighted by Crippen LogP contribution is 2.29. The van der Waals surface area contributed by atoms with Crippen LogP contribution in [0.1, 0.15) is 12.0 Å². The van der Waals surface area contributed by atoms with Crippen molar-refractivity contribution in [3.05, 3.63) is 27.7 Å². The molecule has 0 unspecified atom stereocenters. The van der Waals surface area contributed by atoms with E-state index in [2.05, 4.69) is 15.8 Å². The molecule has 0 fully saturated rings. The fourth-order valence-electron chi connectivity index (χ4n) is 1.30. The van der Waals surface area contributed by atoms with E-state index in [1.165, 1.54) is 12.3 Å². The van der Waals surface area contributed by atoms with Crippen LogP contribution in [0.2, 0.25) is 10.0 Å². The van der Waals surface area contributed by atoms with E-state index in [9.17, 15) is 5.11 Å². The number of benzene rings is 1. The first kappa shape index (κ1) is 17.0. The highest BCUT2D eigenvalue weighted by Gasteiger charge is 2.05. The van der Waals surface area contributed by atoms with Gasteiger partial charge in [0.2, 0.25) is 0 Å². The Balaban J connectivity index is 2.47. The van der Waals surface area contributed by atoms with Gasteiger partial charge in [0, 0.05) is 30.8 Å². The Labute approximate surface area is 132 Å². The number of phenols is 1. The highest BCUT2D eigenvalue weighted by molar-refractivity contribution is 7.80. The van der Waals surface area contributed by atoms with Gasteiger partial charge in [-0.25, -0.2) is 0 Å². The summed E-state index contributed by atoms with van der Waals surface area (Å²) in [5.41, 5.74) is 3.03. The number of thiocarbonyl (C=S) groups is 1. The predicted octanol–water partition coefficient (Wildman–Crippen LogP) is 2.53. The molecule has 0 saturated heterocycles. The van der Waals surface area contributed by atoms with E-state index in [1.54, 1.807) is 13.2 Å². The monoisotopic (exact) mass is 335 g/mol. The minimum absolute atomic E-state index is 0.0828. The summed E-state index contributed by atoms with van der Waals surface area (Å²) in [6, 6.07) is 2.99. The predicted molar refractivity (Wildman–Crippen MR) is 86.0 cm³/mol. The van der Waals surface area contributed by atoms with E-state index in [1.807, 2.05) is 0 Å². The molecule has 0 amide bonds. The van der Waals surface area contributed by atoms with Crippen LogP contribution in [0.25, 0.3) is 0 Å². The molecule has 0 aliphatic rings. The number of hydrazone groups is 1. The Hall–Kier alpha value is -1.08. The maximum absolute atomic E-state index is 9.72. The molecular weight excluding hydrogens is 321 g/mol. The van der Waals surface area contributed by atoms with Gasteiger partial charge in [0.05, 0.1) is 11.2 Å². The second-order valence-corrected chi connectivity index (χ2v) is 5.05. The molecule has 8 heteroatoms. The molecular formula is C12H15Cl2N3O2S. The van der Waals surface area contributed by atoms with Crippen LogP contribution in [-0.4, -0.2) is 36.7 Å². The number of hydrogen-bond acceptors (Lipinski definition) is 4. The van der Waals surface area contributed by atoms with Crippen molar-refractivity contribution in [2.75, 3.05) is 20.3 Å². The summed E-state index contributed by atoms with van der Waals surface area (Å²) in [5.74, 6) is -0.0828. The van der Waals surface area contributed by atoms with Gasteiger partial charge in [-0.05, 0) is 30.8 Å². The van der Waals surface area contributed by atoms with Gasteiger partial charge in [-0.15, -0.1) is 0 Å². The molecule has 0 radical (unpaired) electrons. The van der Waals surface area contributed by atoms with Crippen LogP contribution in [0.15, 0.2) is 17.2 Å². The minimum atomic E-state index is -0.0828. The molecule has 0 saturated carbocycles. The van der Waals surface area contributed by atoms with E-state index in [0.29, 0.717) is 28.9 Å². The number of rotatable bonds is 6. The molecule has 1 aromatic rings. The van der Waals surface area contributed by atoms with Crippen LogP contribution >= 0.6 is 35.4 Å². The Morgan fingerprint density at radius 3 is 2.95 bits per heavy atom. The first-order valence-electron chi connectivity index (χ1n) is 5.78. The molecule has 0 aromatic heterocycles. The Kier molecular flexibility index (Phi) is 7.61. The maximum atomic E-state index is 9.72. The third-order valence-corrected chi connectivity index (χ3v) is 2.98. The maximum Gasteiger partial charge on any atom is 0.186 e. The van der Waals surface area contributed by atoms with E-state index in [0.717, 1.165) is 6.42 Å². The molecule has 0 aliphatic heterocycles. The van der Waals surface area contributed by atoms with Gasteiger partial charge < -0.3 is 15.2 Å². The number of ether oxygens (including phenoxy) is 1. The smallest absolute Gasteiger partial charge is 0.186 e. The lowest BCUT2D eigenvalue weighted by atomic mass is 10.2. The van der Waals surface area contributed by atoms with E-state index >= 15 is 0 Å². The van der Waals surface area contributed by atoms with E-state index in [-0.39, 0.29) is 10.8 Å². The first-order valence-corrected chi connectivity index (χ1v) is 6.95. The van der Waals surface area contributed by atoms with E-state index < -0.39 is 0 Å². The fourth-order valence-corrected chi connectivity index (χ4v) is 1.97. The first-order chi connectivity index (χ1) is 9.54. The summed E-state index contributed by atoms with van der Waals surface area (Å²) in [6.45, 7) is 1.34. The fraction of sp³-hybridized carbons (Fsp3) is 0.333. The second-order valence-electron chi connectivity index (χ2n) is 3.80. The van der Waals surface area contributed by atoms with Crippen LogP contribution in [0.5, 0.6) is 5.75 Å². The van der Waals surface area contributed by atoms with Gasteiger partial charge in [-0.3, -0.25) is 5.43 Å². The van der Waals surface area contributed by atoms with Crippen molar-refractivity contribution in [2.45, 2.75) is 6.42 Å². The summed E-state index contributed by atoms with van der Waals surface area (Å²) >= 11 is 16.6. The lowest BCUT2D eigenvalue weighted by Gasteiger charge is -2.06. The number of methoxy groups -OCH3 is 1. The number of halogens is 2. The standard InChI is InChI=1S/C12H15Cl2N3O2S/c1-19-4-2-3-15-12(20)17-16-7-8-5-9(13)6-10(14)11(8)18/h5-7,18H,2-4H2,1H3,(H2,15,17,20)/b16-7-. The minimum Gasteiger partial charge on any atom is -0.506 e. The van der Waals surface area contributed by atoms with Gasteiger partial charge in [-0.2, -0.15) is 5.10 Å². The van der Waals surface area contributed by atoms with Gasteiger partial charge >= 0.3 is 0 Å². The molecule has 20 heavy (non-hydrogen) atoms. The zero-order chi connectivity index (χ0) is 15.0. The van der Waals surface area contributed by atoms with Gasteiger partial charge in [0.1, 0.15) is 5.75 Å². The van der Waals surface area contributed by atoms with Crippen molar-refractivity contribution >= 4 is 46.7 Å². The summed E-state index contributed by atoms with van der Waals surface area (Å²) in [7, 11) is 1.64. The van der Waals surface area contributed by atoms with Crippen LogP contribution in [-0.2, 0) is 4.74 Å². The highest BCUT2D eigenvalue weighted by atomic mass is 35.5. The molecule has 0 heterocycles. The Bertz CT molecular complexity index is 498. The van der Waals surface area contributed by atoms with Crippen LogP contribution in [0, 0.1) is 0 Å². The zero-order valence-electron chi connectivity index (χ0n) is 10.8. The average Bonchev–Trinajstić information content (AvgIpc) is 2.40. The topological polar surface area (TPSA) is 65.9 Å². The third kappa shape index (κ3) is 5.92. The molecule has 0 aliphatic carbocycles. The van der Waals surface area contributed by atoms with Crippen molar-refractivity contribution in [3.63, 3.8) is 0 Å². The molecule has 0 bridgehead atoms. The largest absolute Gasteiger partial charge is 0.506 e. The lowest BCUT2D eigenvalue weighted by molar-refractivity contribution is 0.195. The Morgan fingerprint density at radius 2 is 2.25 bits per heavy atom. The van der Waals surface area contributed by atoms with Crippen molar-refractivity contribution in [1.82, 2.24) is 10.7 Å². The quantitative estimate of drug-likeness (QED) is 0.322. The molecule has 1 rings (SSSR count). The summed E-state index contributed by atoms with van der Waals surface area (Å²) in [6.07, 6.45) is 2.23. The SMILES string of the molecule is COCCCNC(=S)N/N=C\c1cc(Cl)cc(Cl)c1O. The second kappa shape index (κ2) is 8.97. The molecule has 1 aromatic carbocycles. The summed E-state index contributed by atoms with van der Waals surface area (Å²) < 4.78 is 4.91. The van der Waals surface area contributed by atoms with Crippen molar-refractivity contribution in [2.24, 2.45) is 5.10 Å². The summed E-state index contributed by atoms with van der Waals surface area (Å²) in [4.78, 5) is 0. The number of phenolic OH excluding ortho intramolecular Hbond substituents is 1. The molecule has 0 atom stereocenters. The van der Waals surface area contributed by atoms with Crippen molar-refractivity contribution in [3.8, 4) is 5.75 Å². The summed E-state index contributed by atoms with van der Waals surface area (Å²) in [5, 5.41) is 17.5.